The summed E-state index contributed by atoms with van der Waals surface area (Å²) in [5.41, 5.74) is -1.70. The Kier molecular flexibility index (Phi) is 6.12. The van der Waals surface area contributed by atoms with Crippen LogP contribution in [0, 0.1) is 5.82 Å². The van der Waals surface area contributed by atoms with Gasteiger partial charge in [-0.1, -0.05) is 6.07 Å². The van der Waals surface area contributed by atoms with Crippen LogP contribution in [0.2, 0.25) is 0 Å². The molecule has 170 valence electrons. The van der Waals surface area contributed by atoms with Crippen LogP contribution in [-0.4, -0.2) is 42.7 Å². The monoisotopic (exact) mass is 455 g/mol. The summed E-state index contributed by atoms with van der Waals surface area (Å²) < 4.78 is 58.0. The lowest BCUT2D eigenvalue weighted by molar-refractivity contribution is -0.600. The van der Waals surface area contributed by atoms with Gasteiger partial charge in [-0.2, -0.15) is 9.25 Å². The minimum atomic E-state index is -5.07. The van der Waals surface area contributed by atoms with E-state index in [4.69, 9.17) is 0 Å². The summed E-state index contributed by atoms with van der Waals surface area (Å²) in [5.74, 6) is -2.79. The number of aryl methyl sites for hydroxylation is 1. The number of alkyl halides is 3. The molecule has 1 unspecified atom stereocenters. The number of hydrogen-bond acceptors (Lipinski definition) is 6. The van der Waals surface area contributed by atoms with Crippen LogP contribution in [-0.2, 0) is 7.05 Å². The van der Waals surface area contributed by atoms with Crippen molar-refractivity contribution in [1.82, 2.24) is 25.1 Å². The lowest BCUT2D eigenvalue weighted by atomic mass is 9.91. The number of amides is 1. The molecular formula is C19H19F4N6O3+. The van der Waals surface area contributed by atoms with Gasteiger partial charge in [0.25, 0.3) is 11.7 Å². The van der Waals surface area contributed by atoms with Gasteiger partial charge in [-0.25, -0.2) is 4.39 Å². The van der Waals surface area contributed by atoms with Crippen molar-refractivity contribution in [2.75, 3.05) is 0 Å². The minimum Gasteiger partial charge on any atom is -0.403 e. The number of ether oxygens (including phenoxy) is 1. The van der Waals surface area contributed by atoms with Crippen molar-refractivity contribution in [3.63, 3.8) is 0 Å². The van der Waals surface area contributed by atoms with Crippen LogP contribution in [0.15, 0.2) is 43.2 Å². The summed E-state index contributed by atoms with van der Waals surface area (Å²) >= 11 is 0. The first-order valence-electron chi connectivity index (χ1n) is 9.14. The first-order valence-corrected chi connectivity index (χ1v) is 9.14. The summed E-state index contributed by atoms with van der Waals surface area (Å²) in [4.78, 5) is 20.9. The number of benzene rings is 1. The Balaban J connectivity index is 1.87. The van der Waals surface area contributed by atoms with Gasteiger partial charge in [-0.3, -0.25) is 9.78 Å². The fourth-order valence-corrected chi connectivity index (χ4v) is 2.86. The van der Waals surface area contributed by atoms with Crippen molar-refractivity contribution in [3.05, 3.63) is 60.3 Å². The van der Waals surface area contributed by atoms with Crippen molar-refractivity contribution < 1.29 is 36.8 Å². The van der Waals surface area contributed by atoms with E-state index in [1.54, 1.807) is 13.4 Å². The van der Waals surface area contributed by atoms with Gasteiger partial charge in [0.15, 0.2) is 17.9 Å². The van der Waals surface area contributed by atoms with Gasteiger partial charge in [-0.05, 0) is 36.6 Å². The summed E-state index contributed by atoms with van der Waals surface area (Å²) in [5, 5.41) is 17.0. The predicted octanol–water partition coefficient (Wildman–Crippen LogP) is 1.77. The molecule has 0 bridgehead atoms. The van der Waals surface area contributed by atoms with Crippen molar-refractivity contribution >= 4 is 5.91 Å². The van der Waals surface area contributed by atoms with Gasteiger partial charge in [0.05, 0.1) is 31.1 Å². The van der Waals surface area contributed by atoms with Crippen LogP contribution in [0.1, 0.15) is 35.9 Å². The molecule has 3 rings (SSSR count). The minimum absolute atomic E-state index is 0.0172. The van der Waals surface area contributed by atoms with Crippen LogP contribution in [0.25, 0.3) is 5.82 Å². The highest BCUT2D eigenvalue weighted by Crippen LogP contribution is 2.31. The molecule has 3 aromatic rings. The lowest BCUT2D eigenvalue weighted by Crippen LogP contribution is -2.42. The second-order valence-corrected chi connectivity index (χ2v) is 7.39. The van der Waals surface area contributed by atoms with Gasteiger partial charge in [0.1, 0.15) is 0 Å². The number of carbonyl (C=O) groups is 1. The third-order valence-electron chi connectivity index (χ3n) is 4.27. The highest BCUT2D eigenvalue weighted by atomic mass is 19.4. The highest BCUT2D eigenvalue weighted by Gasteiger charge is 2.34. The van der Waals surface area contributed by atoms with E-state index >= 15 is 0 Å². The fourth-order valence-electron chi connectivity index (χ4n) is 2.86. The van der Waals surface area contributed by atoms with Crippen LogP contribution in [0.4, 0.5) is 17.6 Å². The van der Waals surface area contributed by atoms with Gasteiger partial charge >= 0.3 is 6.36 Å². The molecule has 13 heteroatoms. The van der Waals surface area contributed by atoms with E-state index in [0.29, 0.717) is 5.82 Å². The molecule has 0 aliphatic rings. The van der Waals surface area contributed by atoms with E-state index in [0.717, 1.165) is 18.2 Å². The normalized spacial score (nSPS) is 13.0. The number of nitrogens with one attached hydrogen (secondary N) is 1. The molecule has 32 heavy (non-hydrogen) atoms. The van der Waals surface area contributed by atoms with E-state index in [1.807, 2.05) is 0 Å². The average molecular weight is 455 g/mol. The molecule has 0 radical (unpaired) electrons. The van der Waals surface area contributed by atoms with Gasteiger partial charge in [0, 0.05) is 0 Å². The van der Waals surface area contributed by atoms with Crippen LogP contribution in [0.3, 0.4) is 0 Å². The predicted molar refractivity (Wildman–Crippen MR) is 99.9 cm³/mol. The number of rotatable bonds is 6. The van der Waals surface area contributed by atoms with E-state index in [9.17, 15) is 27.5 Å². The molecule has 0 aliphatic carbocycles. The molecule has 2 aromatic heterocycles. The summed E-state index contributed by atoms with van der Waals surface area (Å²) in [6.07, 6.45) is 0.582. The van der Waals surface area contributed by atoms with Crippen LogP contribution >= 0.6 is 0 Å². The van der Waals surface area contributed by atoms with E-state index in [2.05, 4.69) is 25.1 Å². The molecule has 1 aromatic carbocycles. The Morgan fingerprint density at radius 1 is 1.28 bits per heavy atom. The molecule has 0 spiro atoms. The van der Waals surface area contributed by atoms with Crippen molar-refractivity contribution in [2.24, 2.45) is 7.05 Å². The Labute approximate surface area is 179 Å². The van der Waals surface area contributed by atoms with E-state index < -0.39 is 35.5 Å². The maximum Gasteiger partial charge on any atom is 0.573 e. The average Bonchev–Trinajstić information content (AvgIpc) is 3.12. The lowest BCUT2D eigenvalue weighted by Gasteiger charge is -2.30. The quantitative estimate of drug-likeness (QED) is 0.434. The zero-order valence-electron chi connectivity index (χ0n) is 17.1. The third-order valence-corrected chi connectivity index (χ3v) is 4.27. The highest BCUT2D eigenvalue weighted by molar-refractivity contribution is 5.92. The largest absolute Gasteiger partial charge is 0.573 e. The van der Waals surface area contributed by atoms with Crippen molar-refractivity contribution in [3.8, 4) is 11.6 Å². The number of hydrogen-bond donors (Lipinski definition) is 2. The molecule has 1 atom stereocenters. The zero-order valence-corrected chi connectivity index (χ0v) is 17.1. The van der Waals surface area contributed by atoms with E-state index in [-0.39, 0.29) is 11.3 Å². The Morgan fingerprint density at radius 2 is 2.00 bits per heavy atom. The number of carbonyl (C=O) groups excluding carboxylic acids is 1. The third kappa shape index (κ3) is 5.55. The number of nitrogens with zero attached hydrogens (tertiary/aromatic N) is 5. The maximum absolute atomic E-state index is 14.2. The smallest absolute Gasteiger partial charge is 0.403 e. The first kappa shape index (κ1) is 23.1. The zero-order chi connectivity index (χ0) is 23.7. The Morgan fingerprint density at radius 3 is 2.56 bits per heavy atom. The molecule has 1 amide bonds. The Bertz CT molecular complexity index is 1130. The molecule has 0 aliphatic heterocycles. The second-order valence-electron chi connectivity index (χ2n) is 7.39. The Hall–Kier alpha value is -3.61. The van der Waals surface area contributed by atoms with E-state index in [1.165, 1.54) is 41.8 Å². The van der Waals surface area contributed by atoms with Crippen molar-refractivity contribution in [1.29, 1.82) is 0 Å². The van der Waals surface area contributed by atoms with Gasteiger partial charge in [-0.15, -0.1) is 18.2 Å². The standard InChI is InChI=1S/C19H18F4N6O3/c1-18(2,31)16(11-4-5-14(12(20)6-11)32-19(21,22)23)27-17(30)13-7-24-8-15(26-13)29-9-25-28(3)10-29/h4-10,16,31H,1-3H3/p+1. The molecule has 2 N–H and O–H groups in total. The molecular weight excluding hydrogens is 436 g/mol. The molecule has 2 heterocycles. The van der Waals surface area contributed by atoms with Crippen LogP contribution < -0.4 is 14.6 Å². The van der Waals surface area contributed by atoms with Crippen molar-refractivity contribution in [2.45, 2.75) is 31.9 Å². The summed E-state index contributed by atoms with van der Waals surface area (Å²) in [6, 6.07) is 1.43. The summed E-state index contributed by atoms with van der Waals surface area (Å²) in [6.45, 7) is 2.70. The molecule has 0 saturated heterocycles. The number of aromatic nitrogens is 5. The summed E-state index contributed by atoms with van der Waals surface area (Å²) in [7, 11) is 1.69. The van der Waals surface area contributed by atoms with Gasteiger partial charge < -0.3 is 15.2 Å². The first-order chi connectivity index (χ1) is 14.8. The van der Waals surface area contributed by atoms with Crippen LogP contribution in [0.5, 0.6) is 5.75 Å². The SMILES string of the molecule is Cn1c[n+](-c2cncc(C(=O)NC(c3ccc(OC(F)(F)F)c(F)c3)C(C)(C)O)n2)cn1. The van der Waals surface area contributed by atoms with Gasteiger partial charge in [0.2, 0.25) is 12.0 Å². The maximum atomic E-state index is 14.2. The second kappa shape index (κ2) is 8.49. The number of aliphatic hydroxyl groups is 1. The fraction of sp³-hybridized carbons (Fsp3) is 0.316. The molecule has 0 saturated carbocycles. The number of halogens is 4. The molecule has 0 fully saturated rings. The molecule has 9 nitrogen and oxygen atoms in total. The topological polar surface area (TPSA) is 106 Å².